The summed E-state index contributed by atoms with van der Waals surface area (Å²) >= 11 is 11.4. The largest absolute Gasteiger partial charge is 0.352 e. The van der Waals surface area contributed by atoms with Crippen LogP contribution in [-0.2, 0) is 0 Å². The van der Waals surface area contributed by atoms with Gasteiger partial charge in [0, 0.05) is 0 Å². The van der Waals surface area contributed by atoms with Crippen molar-refractivity contribution in [3.05, 3.63) is 35.9 Å². The van der Waals surface area contributed by atoms with Crippen LogP contribution in [0.2, 0.25) is 0 Å². The Labute approximate surface area is 92.2 Å². The lowest BCUT2D eigenvalue weighted by molar-refractivity contribution is 0.246. The normalized spacial score (nSPS) is 12.5. The van der Waals surface area contributed by atoms with E-state index in [9.17, 15) is 4.79 Å². The number of nitrogens with one attached hydrogen (secondary N) is 1. The molecule has 3 nitrogen and oxygen atoms in total. The number of halogens is 2. The van der Waals surface area contributed by atoms with Gasteiger partial charge in [0.25, 0.3) is 0 Å². The molecule has 0 radical (unpaired) electrons. The first kappa shape index (κ1) is 11.1. The molecular weight excluding hydrogens is 223 g/mol. The Morgan fingerprint density at radius 3 is 2.29 bits per heavy atom. The zero-order valence-electron chi connectivity index (χ0n) is 7.28. The van der Waals surface area contributed by atoms with Gasteiger partial charge >= 0.3 is 6.03 Å². The summed E-state index contributed by atoms with van der Waals surface area (Å²) in [6.07, 6.45) is 0. The quantitative estimate of drug-likeness (QED) is 0.772. The lowest BCUT2D eigenvalue weighted by Gasteiger charge is -2.18. The minimum absolute atomic E-state index is 0.475. The number of hydrogen-bond donors (Lipinski definition) is 2. The van der Waals surface area contributed by atoms with Gasteiger partial charge in [-0.3, -0.25) is 0 Å². The average molecular weight is 233 g/mol. The van der Waals surface area contributed by atoms with Crippen LogP contribution in [0.1, 0.15) is 11.6 Å². The highest BCUT2D eigenvalue weighted by Gasteiger charge is 2.19. The fraction of sp³-hybridized carbons (Fsp3) is 0.222. The van der Waals surface area contributed by atoms with Gasteiger partial charge in [0.05, 0.1) is 6.04 Å². The highest BCUT2D eigenvalue weighted by molar-refractivity contribution is 6.44. The molecule has 0 aliphatic heterocycles. The van der Waals surface area contributed by atoms with Crippen LogP contribution in [0.4, 0.5) is 4.79 Å². The second-order valence-corrected chi connectivity index (χ2v) is 3.90. The van der Waals surface area contributed by atoms with Gasteiger partial charge in [-0.25, -0.2) is 4.79 Å². The van der Waals surface area contributed by atoms with Crippen LogP contribution in [0.25, 0.3) is 0 Å². The molecular formula is C9H10Cl2N2O. The van der Waals surface area contributed by atoms with E-state index in [1.165, 1.54) is 0 Å². The van der Waals surface area contributed by atoms with Crippen LogP contribution in [0, 0.1) is 0 Å². The molecule has 1 aromatic carbocycles. The molecule has 0 aliphatic carbocycles. The van der Waals surface area contributed by atoms with E-state index in [4.69, 9.17) is 28.9 Å². The van der Waals surface area contributed by atoms with Gasteiger partial charge in [0.2, 0.25) is 0 Å². The monoisotopic (exact) mass is 232 g/mol. The van der Waals surface area contributed by atoms with Crippen molar-refractivity contribution in [1.29, 1.82) is 0 Å². The highest BCUT2D eigenvalue weighted by atomic mass is 35.5. The Hall–Kier alpha value is -0.930. The zero-order chi connectivity index (χ0) is 10.6. The van der Waals surface area contributed by atoms with Crippen molar-refractivity contribution in [2.45, 2.75) is 10.9 Å². The molecule has 0 saturated carbocycles. The van der Waals surface area contributed by atoms with Gasteiger partial charge in [-0.05, 0) is 5.56 Å². The molecule has 2 amide bonds. The van der Waals surface area contributed by atoms with E-state index in [-0.39, 0.29) is 0 Å². The van der Waals surface area contributed by atoms with Crippen LogP contribution in [0.3, 0.4) is 0 Å². The molecule has 1 atom stereocenters. The number of carbonyl (C=O) groups is 1. The molecule has 14 heavy (non-hydrogen) atoms. The van der Waals surface area contributed by atoms with Gasteiger partial charge in [-0.2, -0.15) is 0 Å². The number of rotatable bonds is 3. The first-order chi connectivity index (χ1) is 6.61. The van der Waals surface area contributed by atoms with Crippen molar-refractivity contribution in [2.75, 3.05) is 0 Å². The molecule has 0 unspecified atom stereocenters. The molecule has 0 saturated heterocycles. The Morgan fingerprint density at radius 2 is 1.86 bits per heavy atom. The van der Waals surface area contributed by atoms with Crippen molar-refractivity contribution in [1.82, 2.24) is 5.32 Å². The second kappa shape index (κ2) is 5.08. The molecule has 0 aliphatic rings. The summed E-state index contributed by atoms with van der Waals surface area (Å²) in [5.74, 6) is 0. The van der Waals surface area contributed by atoms with E-state index in [1.54, 1.807) is 0 Å². The van der Waals surface area contributed by atoms with Crippen LogP contribution in [0.5, 0.6) is 0 Å². The van der Waals surface area contributed by atoms with Crippen LogP contribution in [-0.4, -0.2) is 10.9 Å². The minimum Gasteiger partial charge on any atom is -0.352 e. The third kappa shape index (κ3) is 3.09. The number of benzene rings is 1. The minimum atomic E-state index is -0.732. The third-order valence-corrected chi connectivity index (χ3v) is 2.21. The molecule has 76 valence electrons. The van der Waals surface area contributed by atoms with E-state index >= 15 is 0 Å². The topological polar surface area (TPSA) is 55.1 Å². The molecule has 1 rings (SSSR count). The number of urea groups is 1. The summed E-state index contributed by atoms with van der Waals surface area (Å²) in [4.78, 5) is 9.95. The lowest BCUT2D eigenvalue weighted by Crippen LogP contribution is -2.36. The highest BCUT2D eigenvalue weighted by Crippen LogP contribution is 2.23. The predicted octanol–water partition coefficient (Wildman–Crippen LogP) is 2.20. The first-order valence-corrected chi connectivity index (χ1v) is 4.87. The van der Waals surface area contributed by atoms with Gasteiger partial charge in [-0.15, -0.1) is 23.2 Å². The number of carbonyl (C=O) groups excluding carboxylic acids is 1. The molecule has 0 fully saturated rings. The summed E-state index contributed by atoms with van der Waals surface area (Å²) in [6.45, 7) is 0. The molecule has 0 bridgehead atoms. The van der Waals surface area contributed by atoms with E-state index in [2.05, 4.69) is 5.32 Å². The first-order valence-electron chi connectivity index (χ1n) is 4.00. The van der Waals surface area contributed by atoms with Gasteiger partial charge in [0.15, 0.2) is 0 Å². The van der Waals surface area contributed by atoms with E-state index in [1.807, 2.05) is 30.3 Å². The average Bonchev–Trinajstić information content (AvgIpc) is 2.15. The van der Waals surface area contributed by atoms with Crippen molar-refractivity contribution in [2.24, 2.45) is 5.73 Å². The summed E-state index contributed by atoms with van der Waals surface area (Å²) in [6, 6.07) is 8.05. The fourth-order valence-electron chi connectivity index (χ4n) is 1.11. The maximum atomic E-state index is 10.7. The summed E-state index contributed by atoms with van der Waals surface area (Å²) in [5.41, 5.74) is 5.82. The van der Waals surface area contributed by atoms with E-state index in [0.29, 0.717) is 0 Å². The standard InChI is InChI=1S/C9H10Cl2N2O/c10-8(11)7(13-9(12)14)6-4-2-1-3-5-6/h1-5,7-8H,(H3,12,13,14)/t7-/m1/s1. The zero-order valence-corrected chi connectivity index (χ0v) is 8.79. The molecule has 0 heterocycles. The molecule has 0 spiro atoms. The fourth-order valence-corrected chi connectivity index (χ4v) is 1.52. The van der Waals surface area contributed by atoms with Gasteiger partial charge in [0.1, 0.15) is 4.84 Å². The Balaban J connectivity index is 2.83. The van der Waals surface area contributed by atoms with E-state index in [0.717, 1.165) is 5.56 Å². The summed E-state index contributed by atoms with van der Waals surface area (Å²) < 4.78 is 0. The second-order valence-electron chi connectivity index (χ2n) is 2.73. The number of hydrogen-bond acceptors (Lipinski definition) is 1. The number of amides is 2. The summed E-state index contributed by atoms with van der Waals surface area (Å²) in [5, 5.41) is 2.47. The van der Waals surface area contributed by atoms with Gasteiger partial charge < -0.3 is 11.1 Å². The Bertz CT molecular complexity index is 303. The van der Waals surface area contributed by atoms with Crippen LogP contribution < -0.4 is 11.1 Å². The summed E-state index contributed by atoms with van der Waals surface area (Å²) in [7, 11) is 0. The number of alkyl halides is 2. The maximum Gasteiger partial charge on any atom is 0.312 e. The lowest BCUT2D eigenvalue weighted by atomic mass is 10.1. The molecule has 5 heteroatoms. The van der Waals surface area contributed by atoms with Gasteiger partial charge in [-0.1, -0.05) is 30.3 Å². The number of nitrogens with two attached hydrogens (primary N) is 1. The molecule has 3 N–H and O–H groups in total. The van der Waals surface area contributed by atoms with Crippen molar-refractivity contribution >= 4 is 29.2 Å². The molecule has 0 aromatic heterocycles. The Morgan fingerprint density at radius 1 is 1.29 bits per heavy atom. The van der Waals surface area contributed by atoms with Crippen LogP contribution in [0.15, 0.2) is 30.3 Å². The van der Waals surface area contributed by atoms with Crippen molar-refractivity contribution in [3.63, 3.8) is 0 Å². The van der Waals surface area contributed by atoms with Crippen molar-refractivity contribution in [3.8, 4) is 0 Å². The SMILES string of the molecule is NC(=O)N[C@H](c1ccccc1)C(Cl)Cl. The molecule has 1 aromatic rings. The number of primary amides is 1. The third-order valence-electron chi connectivity index (χ3n) is 1.71. The van der Waals surface area contributed by atoms with E-state index < -0.39 is 16.9 Å². The maximum absolute atomic E-state index is 10.7. The van der Waals surface area contributed by atoms with Crippen molar-refractivity contribution < 1.29 is 4.79 Å². The smallest absolute Gasteiger partial charge is 0.312 e. The predicted molar refractivity (Wildman–Crippen MR) is 57.4 cm³/mol. The van der Waals surface area contributed by atoms with Crippen LogP contribution >= 0.6 is 23.2 Å². The Kier molecular flexibility index (Phi) is 4.04.